The second-order valence-corrected chi connectivity index (χ2v) is 8.74. The zero-order chi connectivity index (χ0) is 16.2. The van der Waals surface area contributed by atoms with Crippen LogP contribution in [-0.4, -0.2) is 22.9 Å². The summed E-state index contributed by atoms with van der Waals surface area (Å²) in [4.78, 5) is 0. The Hall–Kier alpha value is -0.600. The van der Waals surface area contributed by atoms with Crippen LogP contribution in [0.2, 0.25) is 0 Å². The van der Waals surface area contributed by atoms with Crippen molar-refractivity contribution in [1.82, 2.24) is 0 Å². The Labute approximate surface area is 140 Å². The lowest BCUT2D eigenvalue weighted by Gasteiger charge is -2.59. The Balaban J connectivity index is 1.75. The van der Waals surface area contributed by atoms with Gasteiger partial charge in [0.1, 0.15) is 0 Å². The molecule has 2 N–H and O–H groups in total. The van der Waals surface area contributed by atoms with Gasteiger partial charge in [-0.05, 0) is 68.1 Å². The largest absolute Gasteiger partial charge is 0.395 e. The van der Waals surface area contributed by atoms with E-state index in [0.717, 1.165) is 25.7 Å². The van der Waals surface area contributed by atoms with E-state index in [1.165, 1.54) is 24.8 Å². The van der Waals surface area contributed by atoms with Crippen molar-refractivity contribution in [3.63, 3.8) is 0 Å². The summed E-state index contributed by atoms with van der Waals surface area (Å²) in [5.74, 6) is 2.10. The number of aliphatic hydroxyl groups excluding tert-OH is 2. The standard InChI is InChI=1S/C21H31O2/c1-3-14-8-10-17-16-9-7-15-6-4-5-11-21(15,13-22)19(16)18(23)12-20(14,17)2/h5-6,11,14,16-19,22-23H,1,3-4,7-10,12-13H2,2H3/t14-,16-,17-,18?,19+,20+,21+/m0/s1. The fourth-order valence-electron chi connectivity index (χ4n) is 7.08. The van der Waals surface area contributed by atoms with Gasteiger partial charge in [-0.25, -0.2) is 0 Å². The van der Waals surface area contributed by atoms with E-state index in [1.54, 1.807) is 0 Å². The van der Waals surface area contributed by atoms with Crippen molar-refractivity contribution < 1.29 is 10.2 Å². The normalized spacial score (nSPS) is 51.7. The predicted molar refractivity (Wildman–Crippen MR) is 92.5 cm³/mol. The fourth-order valence-corrected chi connectivity index (χ4v) is 7.08. The molecule has 1 radical (unpaired) electrons. The van der Waals surface area contributed by atoms with E-state index in [4.69, 9.17) is 0 Å². The maximum atomic E-state index is 11.2. The van der Waals surface area contributed by atoms with Gasteiger partial charge in [0.25, 0.3) is 0 Å². The highest BCUT2D eigenvalue weighted by Crippen LogP contribution is 2.66. The zero-order valence-electron chi connectivity index (χ0n) is 14.4. The quantitative estimate of drug-likeness (QED) is 0.759. The number of aliphatic hydroxyl groups is 2. The molecule has 2 nitrogen and oxygen atoms in total. The molecule has 4 aliphatic rings. The number of rotatable bonds is 2. The first-order chi connectivity index (χ1) is 11.1. The minimum Gasteiger partial charge on any atom is -0.395 e. The Morgan fingerprint density at radius 2 is 2.13 bits per heavy atom. The van der Waals surface area contributed by atoms with Gasteiger partial charge in [0.2, 0.25) is 0 Å². The van der Waals surface area contributed by atoms with Gasteiger partial charge in [-0.2, -0.15) is 0 Å². The van der Waals surface area contributed by atoms with Gasteiger partial charge in [0.15, 0.2) is 0 Å². The molecule has 3 fully saturated rings. The third-order valence-corrected chi connectivity index (χ3v) is 8.11. The molecule has 7 atom stereocenters. The Bertz CT molecular complexity index is 536. The van der Waals surface area contributed by atoms with Crippen molar-refractivity contribution in [2.45, 2.75) is 58.0 Å². The summed E-state index contributed by atoms with van der Waals surface area (Å²) >= 11 is 0. The molecule has 3 saturated carbocycles. The molecular weight excluding hydrogens is 284 g/mol. The summed E-state index contributed by atoms with van der Waals surface area (Å²) in [6, 6.07) is 0. The first-order valence-electron chi connectivity index (χ1n) is 9.52. The highest BCUT2D eigenvalue weighted by Gasteiger charge is 2.61. The maximum Gasteiger partial charge on any atom is 0.0588 e. The summed E-state index contributed by atoms with van der Waals surface area (Å²) in [5, 5.41) is 21.5. The molecule has 0 aromatic rings. The van der Waals surface area contributed by atoms with Crippen LogP contribution in [0, 0.1) is 41.4 Å². The van der Waals surface area contributed by atoms with E-state index >= 15 is 0 Å². The Kier molecular flexibility index (Phi) is 3.77. The molecular formula is C21H31O2. The molecule has 0 amide bonds. The van der Waals surface area contributed by atoms with E-state index in [9.17, 15) is 10.2 Å². The van der Waals surface area contributed by atoms with Crippen LogP contribution in [0.5, 0.6) is 0 Å². The monoisotopic (exact) mass is 315 g/mol. The average molecular weight is 315 g/mol. The smallest absolute Gasteiger partial charge is 0.0588 e. The molecule has 4 rings (SSSR count). The van der Waals surface area contributed by atoms with Crippen molar-refractivity contribution in [2.24, 2.45) is 34.5 Å². The van der Waals surface area contributed by atoms with Gasteiger partial charge in [-0.1, -0.05) is 37.6 Å². The Morgan fingerprint density at radius 3 is 2.87 bits per heavy atom. The molecule has 0 bridgehead atoms. The van der Waals surface area contributed by atoms with Gasteiger partial charge >= 0.3 is 0 Å². The average Bonchev–Trinajstić information content (AvgIpc) is 2.89. The van der Waals surface area contributed by atoms with Gasteiger partial charge < -0.3 is 10.2 Å². The van der Waals surface area contributed by atoms with Crippen LogP contribution in [0.15, 0.2) is 23.8 Å². The van der Waals surface area contributed by atoms with Gasteiger partial charge in [-0.3, -0.25) is 0 Å². The fraction of sp³-hybridized carbons (Fsp3) is 0.762. The van der Waals surface area contributed by atoms with Crippen molar-refractivity contribution in [1.29, 1.82) is 0 Å². The van der Waals surface area contributed by atoms with Crippen LogP contribution in [-0.2, 0) is 0 Å². The van der Waals surface area contributed by atoms with Crippen LogP contribution >= 0.6 is 0 Å². The highest BCUT2D eigenvalue weighted by atomic mass is 16.3. The molecule has 0 aromatic heterocycles. The third kappa shape index (κ3) is 2.00. The van der Waals surface area contributed by atoms with Crippen molar-refractivity contribution >= 4 is 0 Å². The first-order valence-corrected chi connectivity index (χ1v) is 9.52. The lowest BCUT2D eigenvalue weighted by atomic mass is 9.46. The maximum absolute atomic E-state index is 11.2. The molecule has 127 valence electrons. The van der Waals surface area contributed by atoms with Crippen LogP contribution in [0.4, 0.5) is 0 Å². The molecule has 1 unspecified atom stereocenters. The number of fused-ring (bicyclic) bond motifs is 5. The number of allylic oxidation sites excluding steroid dienone is 2. The molecule has 23 heavy (non-hydrogen) atoms. The minimum atomic E-state index is -0.299. The second-order valence-electron chi connectivity index (χ2n) is 8.74. The van der Waals surface area contributed by atoms with Crippen LogP contribution in [0.1, 0.15) is 51.9 Å². The summed E-state index contributed by atoms with van der Waals surface area (Å²) in [7, 11) is 0. The molecule has 0 aromatic carbocycles. The molecule has 0 aliphatic heterocycles. The van der Waals surface area contributed by atoms with Crippen molar-refractivity contribution in [3.05, 3.63) is 30.7 Å². The molecule has 0 spiro atoms. The third-order valence-electron chi connectivity index (χ3n) is 8.11. The molecule has 0 heterocycles. The second kappa shape index (κ2) is 5.46. The lowest BCUT2D eigenvalue weighted by molar-refractivity contribution is -0.126. The topological polar surface area (TPSA) is 40.5 Å². The van der Waals surface area contributed by atoms with Gasteiger partial charge in [0, 0.05) is 11.3 Å². The van der Waals surface area contributed by atoms with E-state index < -0.39 is 0 Å². The van der Waals surface area contributed by atoms with E-state index in [2.05, 4.69) is 32.1 Å². The van der Waals surface area contributed by atoms with Crippen LogP contribution in [0.3, 0.4) is 0 Å². The van der Waals surface area contributed by atoms with Crippen LogP contribution < -0.4 is 0 Å². The number of hydrogen-bond donors (Lipinski definition) is 2. The molecule has 0 saturated heterocycles. The van der Waals surface area contributed by atoms with E-state index in [1.807, 2.05) is 0 Å². The lowest BCUT2D eigenvalue weighted by Crippen LogP contribution is -2.57. The minimum absolute atomic E-state index is 0.149. The first kappa shape index (κ1) is 15.9. The molecule has 2 heteroatoms. The summed E-state index contributed by atoms with van der Waals surface area (Å²) < 4.78 is 0. The number of hydrogen-bond acceptors (Lipinski definition) is 2. The van der Waals surface area contributed by atoms with Crippen molar-refractivity contribution in [3.8, 4) is 0 Å². The molecule has 4 aliphatic carbocycles. The van der Waals surface area contributed by atoms with E-state index in [-0.39, 0.29) is 29.5 Å². The van der Waals surface area contributed by atoms with Crippen LogP contribution in [0.25, 0.3) is 0 Å². The van der Waals surface area contributed by atoms with Gasteiger partial charge in [0.05, 0.1) is 12.7 Å². The summed E-state index contributed by atoms with van der Waals surface area (Å²) in [6.07, 6.45) is 14.1. The highest BCUT2D eigenvalue weighted by molar-refractivity contribution is 5.33. The van der Waals surface area contributed by atoms with Gasteiger partial charge in [-0.15, -0.1) is 0 Å². The predicted octanol–water partition coefficient (Wildman–Crippen LogP) is 3.90. The van der Waals surface area contributed by atoms with E-state index in [0.29, 0.717) is 17.8 Å². The Morgan fingerprint density at radius 1 is 1.30 bits per heavy atom. The SMILES string of the molecule is [CH2]C[C@H]1CC[C@H]2[C@@H]3CCC4=CCC=C[C@]4(CO)[C@H]3C(O)C[C@]12C. The summed E-state index contributed by atoms with van der Waals surface area (Å²) in [5.41, 5.74) is 1.35. The van der Waals surface area contributed by atoms with Crippen molar-refractivity contribution in [2.75, 3.05) is 6.61 Å². The summed E-state index contributed by atoms with van der Waals surface area (Å²) in [6.45, 7) is 6.75. The zero-order valence-corrected chi connectivity index (χ0v) is 14.4.